The fraction of sp³-hybridized carbons (Fsp3) is 0.379. The van der Waals surface area contributed by atoms with Gasteiger partial charge in [-0.2, -0.15) is 0 Å². The molecule has 0 spiro atoms. The first-order valence-electron chi connectivity index (χ1n) is 13.4. The number of aliphatic hydroxyl groups is 1. The van der Waals surface area contributed by atoms with Crippen molar-refractivity contribution in [2.24, 2.45) is 0 Å². The molecule has 0 aliphatic carbocycles. The first kappa shape index (κ1) is 28.8. The Hall–Kier alpha value is -3.67. The number of carbonyl (C=O) groups excluding carboxylic acids is 2. The molecule has 2 aliphatic rings. The van der Waals surface area contributed by atoms with Crippen molar-refractivity contribution in [2.45, 2.75) is 50.9 Å². The Morgan fingerprint density at radius 3 is 2.68 bits per heavy atom. The van der Waals surface area contributed by atoms with Crippen molar-refractivity contribution in [3.63, 3.8) is 0 Å². The van der Waals surface area contributed by atoms with Gasteiger partial charge in [-0.1, -0.05) is 41.9 Å². The van der Waals surface area contributed by atoms with E-state index in [1.165, 1.54) is 29.3 Å². The van der Waals surface area contributed by atoms with Crippen molar-refractivity contribution in [1.29, 1.82) is 0 Å². The summed E-state index contributed by atoms with van der Waals surface area (Å²) in [6.07, 6.45) is 0.549. The maximum Gasteiger partial charge on any atom is 0.263 e. The van der Waals surface area contributed by atoms with E-state index < -0.39 is 36.9 Å². The molecule has 9 nitrogen and oxygen atoms in total. The van der Waals surface area contributed by atoms with Gasteiger partial charge in [0.25, 0.3) is 12.3 Å². The van der Waals surface area contributed by atoms with Gasteiger partial charge in [0.2, 0.25) is 11.9 Å². The number of ether oxygens (including phenoxy) is 1. The van der Waals surface area contributed by atoms with Crippen molar-refractivity contribution >= 4 is 29.4 Å². The average molecular weight is 586 g/mol. The summed E-state index contributed by atoms with van der Waals surface area (Å²) in [6.45, 7) is 2.50. The second-order valence-corrected chi connectivity index (χ2v) is 10.5. The molecule has 3 N–H and O–H groups in total. The molecule has 2 aliphatic heterocycles. The van der Waals surface area contributed by atoms with Gasteiger partial charge in [0.05, 0.1) is 29.6 Å². The topological polar surface area (TPSA) is 117 Å². The van der Waals surface area contributed by atoms with E-state index in [4.69, 9.17) is 16.3 Å². The lowest BCUT2D eigenvalue weighted by Crippen LogP contribution is -2.49. The predicted molar refractivity (Wildman–Crippen MR) is 149 cm³/mol. The molecule has 0 bridgehead atoms. The van der Waals surface area contributed by atoms with Gasteiger partial charge in [-0.05, 0) is 43.0 Å². The van der Waals surface area contributed by atoms with E-state index in [0.29, 0.717) is 52.1 Å². The molecule has 5 rings (SSSR count). The number of aromatic nitrogens is 2. The quantitative estimate of drug-likeness (QED) is 0.338. The van der Waals surface area contributed by atoms with Crippen LogP contribution in [0.25, 0.3) is 11.3 Å². The van der Waals surface area contributed by atoms with Crippen LogP contribution in [0.3, 0.4) is 0 Å². The van der Waals surface area contributed by atoms with Crippen molar-refractivity contribution < 1.29 is 28.2 Å². The molecule has 1 fully saturated rings. The Morgan fingerprint density at radius 2 is 1.95 bits per heavy atom. The molecule has 1 saturated heterocycles. The largest absolute Gasteiger partial charge is 0.394 e. The third kappa shape index (κ3) is 6.32. The predicted octanol–water partition coefficient (Wildman–Crippen LogP) is 4.52. The molecule has 2 amide bonds. The molecule has 41 heavy (non-hydrogen) atoms. The number of carbonyl (C=O) groups is 2. The van der Waals surface area contributed by atoms with Gasteiger partial charge in [-0.3, -0.25) is 9.59 Å². The summed E-state index contributed by atoms with van der Waals surface area (Å²) in [6, 6.07) is 9.41. The highest BCUT2D eigenvalue weighted by atomic mass is 35.5. The van der Waals surface area contributed by atoms with Crippen molar-refractivity contribution in [3.05, 3.63) is 75.9 Å². The van der Waals surface area contributed by atoms with Gasteiger partial charge in [0, 0.05) is 42.5 Å². The number of fused-ring (bicyclic) bond motifs is 1. The summed E-state index contributed by atoms with van der Waals surface area (Å²) >= 11 is 6.43. The Labute approximate surface area is 240 Å². The fourth-order valence-electron chi connectivity index (χ4n) is 5.07. The number of halogens is 3. The molecule has 0 unspecified atom stereocenters. The number of hydrogen-bond donors (Lipinski definition) is 3. The SMILES string of the molecule is C[C@@H](NC(=O)[C@@H](CO)N1Cc2ccc(-c3nc(NC4CCOCC4)ncc3Cl)cc2C1=O)c1cccc(C(F)F)c1. The molecule has 0 saturated carbocycles. The van der Waals surface area contributed by atoms with Crippen LogP contribution in [-0.4, -0.2) is 63.7 Å². The number of hydrogen-bond acceptors (Lipinski definition) is 7. The van der Waals surface area contributed by atoms with Gasteiger partial charge in [0.15, 0.2) is 0 Å². The van der Waals surface area contributed by atoms with E-state index in [0.717, 1.165) is 12.8 Å². The molecule has 0 radical (unpaired) electrons. The number of anilines is 1. The lowest BCUT2D eigenvalue weighted by atomic mass is 10.0. The molecule has 2 atom stereocenters. The van der Waals surface area contributed by atoms with Gasteiger partial charge in [-0.25, -0.2) is 18.7 Å². The Kier molecular flexibility index (Phi) is 8.77. The molecule has 1 aromatic heterocycles. The van der Waals surface area contributed by atoms with Crippen molar-refractivity contribution in [1.82, 2.24) is 20.2 Å². The lowest BCUT2D eigenvalue weighted by Gasteiger charge is -2.27. The Balaban J connectivity index is 1.31. The molecular weight excluding hydrogens is 556 g/mol. The molecule has 2 aromatic carbocycles. The monoisotopic (exact) mass is 585 g/mol. The molecule has 12 heteroatoms. The van der Waals surface area contributed by atoms with Crippen LogP contribution < -0.4 is 10.6 Å². The summed E-state index contributed by atoms with van der Waals surface area (Å²) in [5.41, 5.74) is 2.47. The first-order valence-corrected chi connectivity index (χ1v) is 13.7. The molecular formula is C29H30ClF2N5O4. The van der Waals surface area contributed by atoms with E-state index in [-0.39, 0.29) is 18.2 Å². The summed E-state index contributed by atoms with van der Waals surface area (Å²) in [5.74, 6) is -0.587. The highest BCUT2D eigenvalue weighted by Crippen LogP contribution is 2.33. The van der Waals surface area contributed by atoms with Crippen LogP contribution in [0.5, 0.6) is 0 Å². The average Bonchev–Trinajstić information content (AvgIpc) is 3.30. The van der Waals surface area contributed by atoms with Crippen LogP contribution in [-0.2, 0) is 16.1 Å². The Bertz CT molecular complexity index is 1440. The van der Waals surface area contributed by atoms with E-state index in [9.17, 15) is 23.5 Å². The van der Waals surface area contributed by atoms with Gasteiger partial charge < -0.3 is 25.4 Å². The normalized spacial score (nSPS) is 16.9. The minimum Gasteiger partial charge on any atom is -0.394 e. The van der Waals surface area contributed by atoms with Crippen LogP contribution in [0, 0.1) is 0 Å². The van der Waals surface area contributed by atoms with Gasteiger partial charge >= 0.3 is 0 Å². The second kappa shape index (κ2) is 12.5. The molecule has 3 heterocycles. The number of rotatable bonds is 9. The second-order valence-electron chi connectivity index (χ2n) is 10.1. The minimum atomic E-state index is -2.64. The first-order chi connectivity index (χ1) is 19.7. The van der Waals surface area contributed by atoms with E-state index in [1.54, 1.807) is 31.2 Å². The van der Waals surface area contributed by atoms with Crippen molar-refractivity contribution in [2.75, 3.05) is 25.1 Å². The number of amides is 2. The van der Waals surface area contributed by atoms with Crippen LogP contribution in [0.2, 0.25) is 5.02 Å². The fourth-order valence-corrected chi connectivity index (χ4v) is 5.27. The maximum atomic E-state index is 13.4. The Morgan fingerprint density at radius 1 is 1.20 bits per heavy atom. The molecule has 3 aromatic rings. The standard InChI is InChI=1S/C29H30ClF2N5O4/c1-16(17-3-2-4-19(11-17)26(31)32)34-27(39)24(15-38)37-14-20-6-5-18(12-22(20)28(37)40)25-23(30)13-33-29(36-25)35-21-7-9-41-10-8-21/h2-6,11-13,16,21,24,26,38H,7-10,14-15H2,1H3,(H,34,39)(H,33,35,36)/t16-,24-/m1/s1. The summed E-state index contributed by atoms with van der Waals surface area (Å²) in [7, 11) is 0. The summed E-state index contributed by atoms with van der Waals surface area (Å²) in [4.78, 5) is 36.8. The van der Waals surface area contributed by atoms with Crippen LogP contribution in [0.1, 0.15) is 59.3 Å². The van der Waals surface area contributed by atoms with Crippen LogP contribution in [0.15, 0.2) is 48.7 Å². The van der Waals surface area contributed by atoms with E-state index >= 15 is 0 Å². The number of benzene rings is 2. The van der Waals surface area contributed by atoms with E-state index in [2.05, 4.69) is 20.6 Å². The highest BCUT2D eigenvalue weighted by molar-refractivity contribution is 6.33. The summed E-state index contributed by atoms with van der Waals surface area (Å²) in [5, 5.41) is 16.5. The number of nitrogens with zero attached hydrogens (tertiary/aromatic N) is 3. The third-order valence-corrected chi connectivity index (χ3v) is 7.66. The number of aliphatic hydroxyl groups excluding tert-OH is 1. The minimum absolute atomic E-state index is 0.121. The zero-order valence-electron chi connectivity index (χ0n) is 22.3. The van der Waals surface area contributed by atoms with Crippen LogP contribution >= 0.6 is 11.6 Å². The molecule has 216 valence electrons. The zero-order chi connectivity index (χ0) is 29.1. The summed E-state index contributed by atoms with van der Waals surface area (Å²) < 4.78 is 31.6. The zero-order valence-corrected chi connectivity index (χ0v) is 23.1. The smallest absolute Gasteiger partial charge is 0.263 e. The van der Waals surface area contributed by atoms with Gasteiger partial charge in [0.1, 0.15) is 6.04 Å². The van der Waals surface area contributed by atoms with Crippen molar-refractivity contribution in [3.8, 4) is 11.3 Å². The maximum absolute atomic E-state index is 13.4. The highest BCUT2D eigenvalue weighted by Gasteiger charge is 2.37. The number of nitrogens with one attached hydrogen (secondary N) is 2. The van der Waals surface area contributed by atoms with E-state index in [1.807, 2.05) is 0 Å². The lowest BCUT2D eigenvalue weighted by molar-refractivity contribution is -0.127. The van der Waals surface area contributed by atoms with Gasteiger partial charge in [-0.15, -0.1) is 0 Å². The van der Waals surface area contributed by atoms with Crippen LogP contribution in [0.4, 0.5) is 14.7 Å². The third-order valence-electron chi connectivity index (χ3n) is 7.39. The number of alkyl halides is 2.